The van der Waals surface area contributed by atoms with E-state index in [1.54, 1.807) is 6.20 Å². The number of alkyl carbamates (subject to hydrolysis) is 1. The Morgan fingerprint density at radius 3 is 2.67 bits per heavy atom. The standard InChI is InChI=1S/C36H41N5O7S/c42-32-29-18-24(47-30-19-28(25-13-8-9-16-37-25)38-26-15-17-49-31(26)30)21-41(29)33(43)27(39-35(46)48-23-11-6-7-12-23)14-5-3-1-2-4-10-22-20-36(22,40-32)34(44)45/h4,8-10,13,15-17,19,22-24,27,29H,1-3,5-7,11-12,14,18,20-21H2,(H,39,46)(H,40,42)(H,44,45)/t22-,24-,27?,29+,36-/m1/s1. The predicted molar refractivity (Wildman–Crippen MR) is 182 cm³/mol. The molecule has 3 amide bonds. The fraction of sp³-hybridized carbons (Fsp3) is 0.500. The molecule has 13 heteroatoms. The Bertz CT molecular complexity index is 1740. The Morgan fingerprint density at radius 2 is 1.88 bits per heavy atom. The van der Waals surface area contributed by atoms with E-state index in [1.807, 2.05) is 47.9 Å². The first-order chi connectivity index (χ1) is 23.8. The summed E-state index contributed by atoms with van der Waals surface area (Å²) in [6, 6.07) is 7.39. The molecule has 0 bridgehead atoms. The van der Waals surface area contributed by atoms with Crippen molar-refractivity contribution >= 4 is 45.4 Å². The number of carboxylic acid groups (broad SMARTS) is 1. The molecule has 0 aromatic carbocycles. The second kappa shape index (κ2) is 14.1. The highest BCUT2D eigenvalue weighted by molar-refractivity contribution is 7.17. The minimum absolute atomic E-state index is 0.0737. The third kappa shape index (κ3) is 7.12. The number of carbonyl (C=O) groups is 4. The zero-order chi connectivity index (χ0) is 34.0. The average Bonchev–Trinajstić information content (AvgIpc) is 3.54. The summed E-state index contributed by atoms with van der Waals surface area (Å²) in [6.07, 6.45) is 11.7. The van der Waals surface area contributed by atoms with Gasteiger partial charge in [0.25, 0.3) is 0 Å². The molecule has 2 saturated carbocycles. The Hall–Kier alpha value is -4.52. The van der Waals surface area contributed by atoms with Gasteiger partial charge in [0.1, 0.15) is 35.6 Å². The van der Waals surface area contributed by atoms with Gasteiger partial charge in [0.05, 0.1) is 28.1 Å². The van der Waals surface area contributed by atoms with Crippen LogP contribution >= 0.6 is 11.3 Å². The van der Waals surface area contributed by atoms with Crippen LogP contribution in [0.25, 0.3) is 21.6 Å². The summed E-state index contributed by atoms with van der Waals surface area (Å²) < 4.78 is 13.1. The van der Waals surface area contributed by atoms with Crippen molar-refractivity contribution in [3.8, 4) is 17.1 Å². The maximum atomic E-state index is 14.4. The summed E-state index contributed by atoms with van der Waals surface area (Å²) in [5.74, 6) is -1.83. The van der Waals surface area contributed by atoms with E-state index in [9.17, 15) is 24.3 Å². The van der Waals surface area contributed by atoms with Crippen molar-refractivity contribution in [3.05, 3.63) is 54.1 Å². The number of allylic oxidation sites excluding steroid dienone is 1. The molecule has 3 N–H and O–H groups in total. The fourth-order valence-electron chi connectivity index (χ4n) is 7.32. The van der Waals surface area contributed by atoms with Crippen LogP contribution in [0.15, 0.2) is 54.1 Å². The molecule has 3 aromatic rings. The van der Waals surface area contributed by atoms with Crippen LogP contribution in [-0.2, 0) is 19.1 Å². The number of aliphatic carboxylic acids is 1. The number of ether oxygens (including phenoxy) is 2. The van der Waals surface area contributed by atoms with Gasteiger partial charge in [-0.25, -0.2) is 14.6 Å². The van der Waals surface area contributed by atoms with Crippen LogP contribution in [0.3, 0.4) is 0 Å². The zero-order valence-corrected chi connectivity index (χ0v) is 28.0. The Labute approximate surface area is 288 Å². The average molecular weight is 688 g/mol. The molecule has 1 saturated heterocycles. The normalized spacial score (nSPS) is 27.8. The van der Waals surface area contributed by atoms with Gasteiger partial charge in [-0.15, -0.1) is 11.3 Å². The molecule has 5 heterocycles. The summed E-state index contributed by atoms with van der Waals surface area (Å²) >= 11 is 1.48. The van der Waals surface area contributed by atoms with Crippen LogP contribution in [0.2, 0.25) is 0 Å². The van der Waals surface area contributed by atoms with E-state index in [0.717, 1.165) is 55.2 Å². The molecular weight excluding hydrogens is 646 g/mol. The van der Waals surface area contributed by atoms with Gasteiger partial charge in [0.15, 0.2) is 0 Å². The number of amides is 3. The number of fused-ring (bicyclic) bond motifs is 3. The van der Waals surface area contributed by atoms with Crippen molar-refractivity contribution in [1.82, 2.24) is 25.5 Å². The van der Waals surface area contributed by atoms with Gasteiger partial charge >= 0.3 is 12.1 Å². The molecule has 3 fully saturated rings. The van der Waals surface area contributed by atoms with E-state index in [0.29, 0.717) is 30.0 Å². The lowest BCUT2D eigenvalue weighted by Crippen LogP contribution is -2.56. The van der Waals surface area contributed by atoms with Gasteiger partial charge in [-0.1, -0.05) is 31.1 Å². The Morgan fingerprint density at radius 1 is 1.04 bits per heavy atom. The van der Waals surface area contributed by atoms with E-state index >= 15 is 0 Å². The number of rotatable bonds is 6. The molecule has 0 radical (unpaired) electrons. The van der Waals surface area contributed by atoms with Gasteiger partial charge in [-0.2, -0.15) is 0 Å². The minimum atomic E-state index is -1.42. The van der Waals surface area contributed by atoms with Crippen molar-refractivity contribution in [1.29, 1.82) is 0 Å². The predicted octanol–water partition coefficient (Wildman–Crippen LogP) is 5.22. The van der Waals surface area contributed by atoms with Crippen molar-refractivity contribution in [2.24, 2.45) is 5.92 Å². The maximum Gasteiger partial charge on any atom is 0.408 e. The van der Waals surface area contributed by atoms with Crippen molar-refractivity contribution in [2.75, 3.05) is 6.54 Å². The smallest absolute Gasteiger partial charge is 0.408 e. The Balaban J connectivity index is 1.18. The molecule has 7 rings (SSSR count). The lowest BCUT2D eigenvalue weighted by molar-refractivity contribution is -0.145. The topological polar surface area (TPSA) is 160 Å². The first-order valence-electron chi connectivity index (χ1n) is 17.3. The lowest BCUT2D eigenvalue weighted by Gasteiger charge is -2.29. The second-order valence-corrected chi connectivity index (χ2v) is 14.4. The number of carboxylic acids is 1. The number of aromatic nitrogens is 2. The molecule has 258 valence electrons. The van der Waals surface area contributed by atoms with Crippen LogP contribution in [-0.4, -0.2) is 80.2 Å². The maximum absolute atomic E-state index is 14.4. The van der Waals surface area contributed by atoms with E-state index in [4.69, 9.17) is 14.5 Å². The number of nitrogens with zero attached hydrogens (tertiary/aromatic N) is 3. The summed E-state index contributed by atoms with van der Waals surface area (Å²) in [5, 5.41) is 17.7. The molecular formula is C36H41N5O7S. The molecule has 4 aliphatic rings. The van der Waals surface area contributed by atoms with Gasteiger partial charge in [-0.3, -0.25) is 14.6 Å². The quantitative estimate of drug-likeness (QED) is 0.295. The highest BCUT2D eigenvalue weighted by Crippen LogP contribution is 2.45. The molecule has 1 unspecified atom stereocenters. The van der Waals surface area contributed by atoms with Gasteiger partial charge < -0.3 is 30.1 Å². The van der Waals surface area contributed by atoms with Gasteiger partial charge in [0.2, 0.25) is 11.8 Å². The SMILES string of the molecule is O=C(NC1CCCCCC=C[C@@H]2C[C@@]2(C(=O)O)NC(=O)[C@@H]2C[C@@H](Oc3cc(-c4ccccn4)nc4ccsc34)CN2C1=O)OC1CCCC1. The lowest BCUT2D eigenvalue weighted by atomic mass is 10.0. The van der Waals surface area contributed by atoms with E-state index in [-0.39, 0.29) is 31.4 Å². The van der Waals surface area contributed by atoms with Crippen molar-refractivity contribution in [3.63, 3.8) is 0 Å². The van der Waals surface area contributed by atoms with Crippen molar-refractivity contribution < 1.29 is 33.8 Å². The molecule has 3 aromatic heterocycles. The number of nitrogens with one attached hydrogen (secondary N) is 2. The fourth-order valence-corrected chi connectivity index (χ4v) is 8.11. The first kappa shape index (κ1) is 33.0. The Kier molecular flexibility index (Phi) is 9.53. The van der Waals surface area contributed by atoms with Crippen LogP contribution in [0, 0.1) is 5.92 Å². The summed E-state index contributed by atoms with van der Waals surface area (Å²) in [5.41, 5.74) is 0.630. The number of hydrogen-bond donors (Lipinski definition) is 3. The molecule has 0 spiro atoms. The summed E-state index contributed by atoms with van der Waals surface area (Å²) in [7, 11) is 0. The molecule has 2 aliphatic heterocycles. The van der Waals surface area contributed by atoms with Crippen LogP contribution in [0.1, 0.15) is 70.6 Å². The minimum Gasteiger partial charge on any atom is -0.487 e. The third-order valence-electron chi connectivity index (χ3n) is 10.1. The first-order valence-corrected chi connectivity index (χ1v) is 18.1. The molecule has 2 aliphatic carbocycles. The number of carbonyl (C=O) groups excluding carboxylic acids is 3. The highest BCUT2D eigenvalue weighted by atomic mass is 32.1. The van der Waals surface area contributed by atoms with Crippen molar-refractivity contribution in [2.45, 2.75) is 100 Å². The second-order valence-electron chi connectivity index (χ2n) is 13.5. The van der Waals surface area contributed by atoms with Gasteiger partial charge in [0, 0.05) is 24.6 Å². The van der Waals surface area contributed by atoms with E-state index in [2.05, 4.69) is 15.6 Å². The zero-order valence-electron chi connectivity index (χ0n) is 27.2. The van der Waals surface area contributed by atoms with Crippen LogP contribution in [0.5, 0.6) is 5.75 Å². The number of pyridine rings is 2. The summed E-state index contributed by atoms with van der Waals surface area (Å²) in [4.78, 5) is 64.5. The molecule has 49 heavy (non-hydrogen) atoms. The molecule has 12 nitrogen and oxygen atoms in total. The van der Waals surface area contributed by atoms with E-state index in [1.165, 1.54) is 16.2 Å². The largest absolute Gasteiger partial charge is 0.487 e. The van der Waals surface area contributed by atoms with E-state index < -0.39 is 47.6 Å². The number of hydrogen-bond acceptors (Lipinski definition) is 9. The van der Waals surface area contributed by atoms with Crippen LogP contribution < -0.4 is 15.4 Å². The monoisotopic (exact) mass is 687 g/mol. The third-order valence-corrected chi connectivity index (χ3v) is 11.0. The van der Waals surface area contributed by atoms with Crippen LogP contribution in [0.4, 0.5) is 4.79 Å². The molecule has 5 atom stereocenters. The van der Waals surface area contributed by atoms with Gasteiger partial charge in [-0.05, 0) is 74.9 Å². The summed E-state index contributed by atoms with van der Waals surface area (Å²) in [6.45, 7) is 0.0737. The number of thiophene rings is 1. The highest BCUT2D eigenvalue weighted by Gasteiger charge is 2.61.